The summed E-state index contributed by atoms with van der Waals surface area (Å²) in [4.78, 5) is 5.10. The quantitative estimate of drug-likeness (QED) is 0.791. The number of furan rings is 1. The van der Waals surface area contributed by atoms with E-state index in [9.17, 15) is 5.11 Å². The first-order valence-corrected chi connectivity index (χ1v) is 9.87. The first-order valence-electron chi connectivity index (χ1n) is 9.87. The molecule has 1 unspecified atom stereocenters. The molecule has 1 N–H and O–H groups in total. The molecule has 0 amide bonds. The molecule has 136 valence electrons. The predicted molar refractivity (Wildman–Crippen MR) is 97.0 cm³/mol. The predicted octanol–water partition coefficient (Wildman–Crippen LogP) is 3.43. The summed E-state index contributed by atoms with van der Waals surface area (Å²) in [6.07, 6.45) is 9.44. The van der Waals surface area contributed by atoms with Crippen LogP contribution in [0.2, 0.25) is 0 Å². The molecular formula is C20H34N2O2. The fourth-order valence-electron chi connectivity index (χ4n) is 4.46. The summed E-state index contributed by atoms with van der Waals surface area (Å²) in [6, 6.07) is 4.57. The summed E-state index contributed by atoms with van der Waals surface area (Å²) in [5.41, 5.74) is 0. The molecule has 0 radical (unpaired) electrons. The first-order chi connectivity index (χ1) is 11.7. The highest BCUT2D eigenvalue weighted by molar-refractivity contribution is 5.06. The highest BCUT2D eigenvalue weighted by Crippen LogP contribution is 2.28. The van der Waals surface area contributed by atoms with E-state index < -0.39 is 0 Å². The van der Waals surface area contributed by atoms with Crippen LogP contribution in [-0.4, -0.2) is 53.7 Å². The van der Waals surface area contributed by atoms with E-state index in [1.165, 1.54) is 45.1 Å². The van der Waals surface area contributed by atoms with E-state index >= 15 is 0 Å². The van der Waals surface area contributed by atoms with E-state index in [2.05, 4.69) is 15.9 Å². The lowest BCUT2D eigenvalue weighted by molar-refractivity contribution is 0.0478. The van der Waals surface area contributed by atoms with Crippen LogP contribution in [0, 0.1) is 12.8 Å². The highest BCUT2D eigenvalue weighted by Gasteiger charge is 2.27. The molecule has 24 heavy (non-hydrogen) atoms. The number of piperazine rings is 1. The van der Waals surface area contributed by atoms with Crippen molar-refractivity contribution in [2.24, 2.45) is 5.92 Å². The minimum Gasteiger partial charge on any atom is -0.465 e. The maximum atomic E-state index is 9.44. The zero-order chi connectivity index (χ0) is 16.8. The van der Waals surface area contributed by atoms with Gasteiger partial charge in [-0.15, -0.1) is 0 Å². The third kappa shape index (κ3) is 5.08. The minimum absolute atomic E-state index is 0.272. The average molecular weight is 335 g/mol. The maximum absolute atomic E-state index is 9.44. The molecule has 1 saturated heterocycles. The summed E-state index contributed by atoms with van der Waals surface area (Å²) in [7, 11) is 0. The van der Waals surface area contributed by atoms with Crippen molar-refractivity contribution in [3.8, 4) is 0 Å². The molecule has 0 spiro atoms. The summed E-state index contributed by atoms with van der Waals surface area (Å²) < 4.78 is 5.74. The van der Waals surface area contributed by atoms with Gasteiger partial charge in [0.15, 0.2) is 0 Å². The third-order valence-corrected chi connectivity index (χ3v) is 5.87. The van der Waals surface area contributed by atoms with Crippen molar-refractivity contribution in [2.75, 3.05) is 32.8 Å². The van der Waals surface area contributed by atoms with E-state index in [1.807, 2.05) is 13.0 Å². The molecule has 1 aromatic rings. The molecule has 0 bridgehead atoms. The van der Waals surface area contributed by atoms with Crippen LogP contribution in [0.25, 0.3) is 0 Å². The van der Waals surface area contributed by atoms with Gasteiger partial charge in [0, 0.05) is 32.3 Å². The van der Waals surface area contributed by atoms with Crippen molar-refractivity contribution in [1.82, 2.24) is 9.80 Å². The zero-order valence-electron chi connectivity index (χ0n) is 15.3. The maximum Gasteiger partial charge on any atom is 0.118 e. The summed E-state index contributed by atoms with van der Waals surface area (Å²) >= 11 is 0. The molecular weight excluding hydrogens is 300 g/mol. The van der Waals surface area contributed by atoms with Crippen LogP contribution in [0.15, 0.2) is 16.5 Å². The van der Waals surface area contributed by atoms with Crippen LogP contribution in [0.1, 0.15) is 56.5 Å². The van der Waals surface area contributed by atoms with Crippen molar-refractivity contribution in [3.63, 3.8) is 0 Å². The Labute approximate surface area is 146 Å². The number of hydrogen-bond donors (Lipinski definition) is 1. The molecule has 1 atom stereocenters. The van der Waals surface area contributed by atoms with Gasteiger partial charge in [0.05, 0.1) is 6.54 Å². The Morgan fingerprint density at radius 1 is 1.17 bits per heavy atom. The topological polar surface area (TPSA) is 39.9 Å². The Kier molecular flexibility index (Phi) is 6.75. The van der Waals surface area contributed by atoms with Crippen LogP contribution < -0.4 is 0 Å². The summed E-state index contributed by atoms with van der Waals surface area (Å²) in [5.74, 6) is 3.03. The number of aryl methyl sites for hydroxylation is 1. The van der Waals surface area contributed by atoms with Gasteiger partial charge in [-0.2, -0.15) is 0 Å². The van der Waals surface area contributed by atoms with E-state index in [0.29, 0.717) is 6.04 Å². The van der Waals surface area contributed by atoms with Gasteiger partial charge in [-0.3, -0.25) is 4.90 Å². The van der Waals surface area contributed by atoms with Gasteiger partial charge in [-0.05, 0) is 50.8 Å². The Hall–Kier alpha value is -0.840. The number of aliphatic hydroxyl groups excluding tert-OH is 1. The molecule has 2 fully saturated rings. The Morgan fingerprint density at radius 2 is 2.00 bits per heavy atom. The Morgan fingerprint density at radius 3 is 2.71 bits per heavy atom. The smallest absolute Gasteiger partial charge is 0.118 e. The van der Waals surface area contributed by atoms with Gasteiger partial charge >= 0.3 is 0 Å². The van der Waals surface area contributed by atoms with Gasteiger partial charge in [-0.1, -0.05) is 25.7 Å². The lowest BCUT2D eigenvalue weighted by atomic mass is 10.0. The summed E-state index contributed by atoms with van der Waals surface area (Å²) in [6.45, 7) is 7.68. The van der Waals surface area contributed by atoms with Crippen molar-refractivity contribution in [3.05, 3.63) is 23.7 Å². The van der Waals surface area contributed by atoms with Crippen LogP contribution in [0.5, 0.6) is 0 Å². The van der Waals surface area contributed by atoms with Crippen LogP contribution >= 0.6 is 0 Å². The molecule has 2 heterocycles. The largest absolute Gasteiger partial charge is 0.465 e. The SMILES string of the molecule is Cc1ccc(CN2CCN(CCCC3CCCC3)CC2CCO)o1. The first kappa shape index (κ1) is 18.0. The second kappa shape index (κ2) is 9.02. The van der Waals surface area contributed by atoms with Crippen molar-refractivity contribution < 1.29 is 9.52 Å². The van der Waals surface area contributed by atoms with Crippen molar-refractivity contribution in [1.29, 1.82) is 0 Å². The number of rotatable bonds is 8. The number of hydrogen-bond acceptors (Lipinski definition) is 4. The second-order valence-corrected chi connectivity index (χ2v) is 7.74. The van der Waals surface area contributed by atoms with Gasteiger partial charge in [-0.25, -0.2) is 0 Å². The normalized spacial score (nSPS) is 24.0. The molecule has 0 aromatic carbocycles. The van der Waals surface area contributed by atoms with Crippen LogP contribution in [-0.2, 0) is 6.54 Å². The van der Waals surface area contributed by atoms with Crippen molar-refractivity contribution in [2.45, 2.75) is 64.5 Å². The molecule has 2 aliphatic rings. The molecule has 1 saturated carbocycles. The highest BCUT2D eigenvalue weighted by atomic mass is 16.3. The van der Waals surface area contributed by atoms with Gasteiger partial charge in [0.25, 0.3) is 0 Å². The lowest BCUT2D eigenvalue weighted by Gasteiger charge is -2.41. The molecule has 4 nitrogen and oxygen atoms in total. The van der Waals surface area contributed by atoms with E-state index in [-0.39, 0.29) is 6.61 Å². The van der Waals surface area contributed by atoms with E-state index in [0.717, 1.165) is 50.0 Å². The summed E-state index contributed by atoms with van der Waals surface area (Å²) in [5, 5.41) is 9.44. The molecule has 4 heteroatoms. The fourth-order valence-corrected chi connectivity index (χ4v) is 4.46. The standard InChI is InChI=1S/C20H34N2O2/c1-17-8-9-20(24-17)16-22-13-12-21(15-19(22)10-14-23)11-4-7-18-5-2-3-6-18/h8-9,18-19,23H,2-7,10-16H2,1H3. The monoisotopic (exact) mass is 334 g/mol. The zero-order valence-corrected chi connectivity index (χ0v) is 15.3. The van der Waals surface area contributed by atoms with Gasteiger partial charge in [0.2, 0.25) is 0 Å². The average Bonchev–Trinajstić information content (AvgIpc) is 3.22. The lowest BCUT2D eigenvalue weighted by Crippen LogP contribution is -2.53. The van der Waals surface area contributed by atoms with E-state index in [4.69, 9.17) is 4.42 Å². The molecule has 1 aromatic heterocycles. The van der Waals surface area contributed by atoms with E-state index in [1.54, 1.807) is 0 Å². The molecule has 1 aliphatic heterocycles. The van der Waals surface area contributed by atoms with Crippen LogP contribution in [0.3, 0.4) is 0 Å². The van der Waals surface area contributed by atoms with Gasteiger partial charge < -0.3 is 14.4 Å². The number of aliphatic hydroxyl groups is 1. The Balaban J connectivity index is 1.45. The minimum atomic E-state index is 0.272. The molecule has 3 rings (SSSR count). The molecule has 1 aliphatic carbocycles. The van der Waals surface area contributed by atoms with Crippen LogP contribution in [0.4, 0.5) is 0 Å². The van der Waals surface area contributed by atoms with Crippen molar-refractivity contribution >= 4 is 0 Å². The fraction of sp³-hybridized carbons (Fsp3) is 0.800. The second-order valence-electron chi connectivity index (χ2n) is 7.74. The number of nitrogens with zero attached hydrogens (tertiary/aromatic N) is 2. The van der Waals surface area contributed by atoms with Gasteiger partial charge in [0.1, 0.15) is 11.5 Å². The Bertz CT molecular complexity index is 482. The third-order valence-electron chi connectivity index (χ3n) is 5.87.